The lowest BCUT2D eigenvalue weighted by Gasteiger charge is -1.94. The number of nitrogen functional groups attached to an aromatic ring is 2. The van der Waals surface area contributed by atoms with Gasteiger partial charge in [-0.05, 0) is 18.2 Å². The van der Waals surface area contributed by atoms with Gasteiger partial charge in [0.05, 0.1) is 11.4 Å². The molecule has 0 bridgehead atoms. The zero-order valence-corrected chi connectivity index (χ0v) is 7.62. The molecule has 0 aliphatic rings. The van der Waals surface area contributed by atoms with Gasteiger partial charge >= 0.3 is 0 Å². The molecule has 1 aromatic rings. The highest BCUT2D eigenvalue weighted by molar-refractivity contribution is 5.62. The molecule has 0 saturated carbocycles. The molecule has 68 valence electrons. The number of benzene rings is 1. The lowest BCUT2D eigenvalue weighted by Crippen LogP contribution is -2.06. The molecular formula is C9H17N3. The predicted octanol–water partition coefficient (Wildman–Crippen LogP) is 1.20. The van der Waals surface area contributed by atoms with Gasteiger partial charge in [-0.3, -0.25) is 0 Å². The van der Waals surface area contributed by atoms with Crippen molar-refractivity contribution in [1.82, 2.24) is 0 Å². The van der Waals surface area contributed by atoms with E-state index in [1.54, 1.807) is 12.1 Å². The number of anilines is 2. The molecule has 0 amide bonds. The minimum Gasteiger partial charge on any atom is -0.397 e. The third-order valence-corrected chi connectivity index (χ3v) is 0.996. The van der Waals surface area contributed by atoms with Crippen LogP contribution in [0.4, 0.5) is 11.4 Å². The normalized spacial score (nSPS) is 9.00. The van der Waals surface area contributed by atoms with Crippen molar-refractivity contribution in [3.8, 4) is 0 Å². The van der Waals surface area contributed by atoms with E-state index in [4.69, 9.17) is 17.2 Å². The second-order valence-electron chi connectivity index (χ2n) is 2.87. The number of hydrogen-bond donors (Lipinski definition) is 3. The van der Waals surface area contributed by atoms with Crippen molar-refractivity contribution in [3.63, 3.8) is 0 Å². The molecular weight excluding hydrogens is 150 g/mol. The molecule has 3 heteroatoms. The Morgan fingerprint density at radius 2 is 1.25 bits per heavy atom. The van der Waals surface area contributed by atoms with Crippen LogP contribution < -0.4 is 17.2 Å². The molecule has 0 aromatic heterocycles. The summed E-state index contributed by atoms with van der Waals surface area (Å²) in [6.07, 6.45) is 0. The molecule has 0 aliphatic heterocycles. The van der Waals surface area contributed by atoms with Crippen LogP contribution in [-0.2, 0) is 0 Å². The van der Waals surface area contributed by atoms with Gasteiger partial charge in [0.2, 0.25) is 0 Å². The van der Waals surface area contributed by atoms with Gasteiger partial charge in [-0.25, -0.2) is 0 Å². The Morgan fingerprint density at radius 3 is 1.42 bits per heavy atom. The quantitative estimate of drug-likeness (QED) is 0.508. The van der Waals surface area contributed by atoms with E-state index in [-0.39, 0.29) is 0 Å². The maximum atomic E-state index is 5.39. The van der Waals surface area contributed by atoms with Crippen molar-refractivity contribution in [2.75, 3.05) is 11.5 Å². The fourth-order valence-electron chi connectivity index (χ4n) is 0.511. The van der Waals surface area contributed by atoms with Crippen molar-refractivity contribution >= 4 is 11.4 Å². The first kappa shape index (κ1) is 10.8. The molecule has 0 heterocycles. The summed E-state index contributed by atoms with van der Waals surface area (Å²) in [5.41, 5.74) is 17.2. The first-order chi connectivity index (χ1) is 5.54. The van der Waals surface area contributed by atoms with Gasteiger partial charge in [-0.15, -0.1) is 0 Å². The molecule has 0 unspecified atom stereocenters. The molecule has 1 rings (SSSR count). The van der Waals surface area contributed by atoms with Crippen LogP contribution in [0.2, 0.25) is 0 Å². The van der Waals surface area contributed by atoms with Crippen LogP contribution in [0, 0.1) is 0 Å². The first-order valence-electron chi connectivity index (χ1n) is 3.89. The highest BCUT2D eigenvalue weighted by Gasteiger charge is 1.85. The summed E-state index contributed by atoms with van der Waals surface area (Å²) >= 11 is 0. The zero-order valence-electron chi connectivity index (χ0n) is 7.62. The van der Waals surface area contributed by atoms with E-state index in [2.05, 4.69) is 0 Å². The van der Waals surface area contributed by atoms with E-state index in [9.17, 15) is 0 Å². The SMILES string of the molecule is CC(C)N.Nc1ccccc1N. The topological polar surface area (TPSA) is 78.1 Å². The van der Waals surface area contributed by atoms with E-state index < -0.39 is 0 Å². The number of hydrogen-bond acceptors (Lipinski definition) is 3. The summed E-state index contributed by atoms with van der Waals surface area (Å²) in [6, 6.07) is 7.59. The molecule has 0 spiro atoms. The van der Waals surface area contributed by atoms with Crippen LogP contribution in [0.5, 0.6) is 0 Å². The van der Waals surface area contributed by atoms with Crippen LogP contribution >= 0.6 is 0 Å². The number of rotatable bonds is 0. The monoisotopic (exact) mass is 167 g/mol. The molecule has 0 radical (unpaired) electrons. The Hall–Kier alpha value is -1.22. The summed E-state index contributed by atoms with van der Waals surface area (Å²) < 4.78 is 0. The lowest BCUT2D eigenvalue weighted by molar-refractivity contribution is 0.834. The van der Waals surface area contributed by atoms with Crippen LogP contribution in [0.3, 0.4) is 0 Å². The number of nitrogens with two attached hydrogens (primary N) is 3. The molecule has 12 heavy (non-hydrogen) atoms. The molecule has 1 aromatic carbocycles. The number of para-hydroxylation sites is 2. The minimum absolute atomic E-state index is 0.333. The van der Waals surface area contributed by atoms with Crippen molar-refractivity contribution in [2.45, 2.75) is 19.9 Å². The van der Waals surface area contributed by atoms with Crippen LogP contribution in [0.15, 0.2) is 24.3 Å². The second kappa shape index (κ2) is 5.43. The predicted molar refractivity (Wildman–Crippen MR) is 54.6 cm³/mol. The van der Waals surface area contributed by atoms with E-state index >= 15 is 0 Å². The summed E-state index contributed by atoms with van der Waals surface area (Å²) in [5, 5.41) is 0. The fourth-order valence-corrected chi connectivity index (χ4v) is 0.511. The van der Waals surface area contributed by atoms with Gasteiger partial charge < -0.3 is 17.2 Å². The van der Waals surface area contributed by atoms with E-state index in [0.717, 1.165) is 0 Å². The Balaban J connectivity index is 0.000000261. The molecule has 0 atom stereocenters. The Morgan fingerprint density at radius 1 is 1.00 bits per heavy atom. The average Bonchev–Trinajstić information content (AvgIpc) is 1.94. The van der Waals surface area contributed by atoms with Crippen LogP contribution in [-0.4, -0.2) is 6.04 Å². The Kier molecular flexibility index (Phi) is 4.88. The second-order valence-corrected chi connectivity index (χ2v) is 2.87. The van der Waals surface area contributed by atoms with Gasteiger partial charge in [-0.2, -0.15) is 0 Å². The van der Waals surface area contributed by atoms with Gasteiger partial charge in [-0.1, -0.05) is 26.0 Å². The Bertz CT molecular complexity index is 197. The molecule has 0 fully saturated rings. The molecule has 6 N–H and O–H groups in total. The molecule has 3 nitrogen and oxygen atoms in total. The molecule has 0 aliphatic carbocycles. The highest BCUT2D eigenvalue weighted by Crippen LogP contribution is 2.10. The van der Waals surface area contributed by atoms with Gasteiger partial charge in [0.25, 0.3) is 0 Å². The fraction of sp³-hybridized carbons (Fsp3) is 0.333. The lowest BCUT2D eigenvalue weighted by atomic mass is 10.3. The molecule has 0 saturated heterocycles. The maximum absolute atomic E-state index is 5.39. The van der Waals surface area contributed by atoms with Gasteiger partial charge in [0, 0.05) is 0 Å². The third-order valence-electron chi connectivity index (χ3n) is 0.996. The van der Waals surface area contributed by atoms with Gasteiger partial charge in [0.1, 0.15) is 0 Å². The highest BCUT2D eigenvalue weighted by atomic mass is 14.7. The van der Waals surface area contributed by atoms with Crippen molar-refractivity contribution in [1.29, 1.82) is 0 Å². The van der Waals surface area contributed by atoms with Gasteiger partial charge in [0.15, 0.2) is 0 Å². The smallest absolute Gasteiger partial charge is 0.0547 e. The average molecular weight is 167 g/mol. The van der Waals surface area contributed by atoms with Crippen molar-refractivity contribution < 1.29 is 0 Å². The summed E-state index contributed by atoms with van der Waals surface area (Å²) in [5.74, 6) is 0. The zero-order chi connectivity index (χ0) is 9.56. The first-order valence-corrected chi connectivity index (χ1v) is 3.89. The van der Waals surface area contributed by atoms with Crippen molar-refractivity contribution in [2.24, 2.45) is 5.73 Å². The Labute approximate surface area is 73.6 Å². The maximum Gasteiger partial charge on any atom is 0.0547 e. The minimum atomic E-state index is 0.333. The van der Waals surface area contributed by atoms with E-state index in [1.165, 1.54) is 0 Å². The largest absolute Gasteiger partial charge is 0.397 e. The third kappa shape index (κ3) is 5.56. The summed E-state index contributed by atoms with van der Waals surface area (Å²) in [6.45, 7) is 3.89. The van der Waals surface area contributed by atoms with E-state index in [1.807, 2.05) is 26.0 Å². The van der Waals surface area contributed by atoms with Crippen molar-refractivity contribution in [3.05, 3.63) is 24.3 Å². The van der Waals surface area contributed by atoms with E-state index in [0.29, 0.717) is 17.4 Å². The van der Waals surface area contributed by atoms with Crippen LogP contribution in [0.25, 0.3) is 0 Å². The summed E-state index contributed by atoms with van der Waals surface area (Å²) in [4.78, 5) is 0. The van der Waals surface area contributed by atoms with Crippen LogP contribution in [0.1, 0.15) is 13.8 Å². The standard InChI is InChI=1S/C6H8N2.C3H9N/c7-5-3-1-2-4-6(5)8;1-3(2)4/h1-4H,7-8H2;3H,4H2,1-2H3. The summed E-state index contributed by atoms with van der Waals surface area (Å²) in [7, 11) is 0.